The molecule has 0 aliphatic rings. The molecule has 1 unspecified atom stereocenters. The normalized spacial score (nSPS) is 12.4. The van der Waals surface area contributed by atoms with Crippen molar-refractivity contribution in [2.75, 3.05) is 0 Å². The van der Waals surface area contributed by atoms with Gasteiger partial charge < -0.3 is 0 Å². The van der Waals surface area contributed by atoms with Gasteiger partial charge in [-0.15, -0.1) is 0 Å². The molecule has 0 spiro atoms. The first-order chi connectivity index (χ1) is 8.61. The van der Waals surface area contributed by atoms with Crippen molar-refractivity contribution in [1.82, 2.24) is 10.4 Å². The predicted molar refractivity (Wildman–Crippen MR) is 64.8 cm³/mol. The van der Waals surface area contributed by atoms with Crippen molar-refractivity contribution in [3.8, 4) is 0 Å². The van der Waals surface area contributed by atoms with Gasteiger partial charge in [0.05, 0.1) is 6.04 Å². The minimum absolute atomic E-state index is 0.301. The first kappa shape index (κ1) is 12.9. The van der Waals surface area contributed by atoms with Gasteiger partial charge in [-0.25, -0.2) is 19.2 Å². The van der Waals surface area contributed by atoms with Gasteiger partial charge >= 0.3 is 0 Å². The van der Waals surface area contributed by atoms with Gasteiger partial charge in [0.15, 0.2) is 11.6 Å². The first-order valence-electron chi connectivity index (χ1n) is 5.14. The number of aromatic nitrogens is 1. The molecule has 0 bridgehead atoms. The Kier molecular flexibility index (Phi) is 3.86. The summed E-state index contributed by atoms with van der Waals surface area (Å²) in [6.45, 7) is 0. The van der Waals surface area contributed by atoms with Crippen LogP contribution in [0.15, 0.2) is 36.5 Å². The van der Waals surface area contributed by atoms with Crippen molar-refractivity contribution in [1.29, 1.82) is 0 Å². The van der Waals surface area contributed by atoms with Gasteiger partial charge in [0.2, 0.25) is 0 Å². The molecule has 3 nitrogen and oxygen atoms in total. The van der Waals surface area contributed by atoms with E-state index >= 15 is 0 Å². The highest BCUT2D eigenvalue weighted by atomic mass is 35.5. The SMILES string of the molecule is NNC(c1ccnc(Cl)c1)c1ccc(F)c(F)c1. The van der Waals surface area contributed by atoms with E-state index in [2.05, 4.69) is 10.4 Å². The summed E-state index contributed by atoms with van der Waals surface area (Å²) in [5.74, 6) is 3.62. The number of nitrogens with zero attached hydrogens (tertiary/aromatic N) is 1. The number of pyridine rings is 1. The largest absolute Gasteiger partial charge is 0.271 e. The minimum atomic E-state index is -0.923. The van der Waals surface area contributed by atoms with Gasteiger partial charge in [0, 0.05) is 6.20 Å². The van der Waals surface area contributed by atoms with E-state index in [4.69, 9.17) is 17.4 Å². The number of hydrogen-bond acceptors (Lipinski definition) is 3. The van der Waals surface area contributed by atoms with E-state index < -0.39 is 17.7 Å². The summed E-state index contributed by atoms with van der Waals surface area (Å²) in [5.41, 5.74) is 3.74. The maximum absolute atomic E-state index is 13.2. The van der Waals surface area contributed by atoms with Crippen molar-refractivity contribution >= 4 is 11.6 Å². The van der Waals surface area contributed by atoms with Crippen LogP contribution in [0, 0.1) is 11.6 Å². The fraction of sp³-hybridized carbons (Fsp3) is 0.0833. The third-order valence-corrected chi connectivity index (χ3v) is 2.73. The molecular formula is C12H10ClF2N3. The molecule has 18 heavy (non-hydrogen) atoms. The summed E-state index contributed by atoms with van der Waals surface area (Å²) >= 11 is 5.78. The predicted octanol–water partition coefficient (Wildman–Crippen LogP) is 2.57. The van der Waals surface area contributed by atoms with Crippen LogP contribution >= 0.6 is 11.6 Å². The van der Waals surface area contributed by atoms with Crippen molar-refractivity contribution in [3.05, 3.63) is 64.4 Å². The molecule has 1 aromatic heterocycles. The molecule has 6 heteroatoms. The van der Waals surface area contributed by atoms with Crippen molar-refractivity contribution in [3.63, 3.8) is 0 Å². The number of halogens is 3. The van der Waals surface area contributed by atoms with Gasteiger partial charge in [0.25, 0.3) is 0 Å². The lowest BCUT2D eigenvalue weighted by Crippen LogP contribution is -2.29. The second-order valence-electron chi connectivity index (χ2n) is 3.69. The molecule has 0 saturated carbocycles. The van der Waals surface area contributed by atoms with Crippen molar-refractivity contribution in [2.45, 2.75) is 6.04 Å². The van der Waals surface area contributed by atoms with Crippen LogP contribution < -0.4 is 11.3 Å². The maximum atomic E-state index is 13.2. The lowest BCUT2D eigenvalue weighted by Gasteiger charge is -2.17. The van der Waals surface area contributed by atoms with E-state index in [1.165, 1.54) is 12.3 Å². The standard InChI is InChI=1S/C12H10ClF2N3/c13-11-6-8(3-4-17-11)12(18-16)7-1-2-9(14)10(15)5-7/h1-6,12,18H,16H2. The van der Waals surface area contributed by atoms with Crippen molar-refractivity contribution in [2.24, 2.45) is 5.84 Å². The Hall–Kier alpha value is -1.56. The Labute approximate surface area is 108 Å². The molecule has 2 rings (SSSR count). The van der Waals surface area contributed by atoms with Crippen LogP contribution in [0.3, 0.4) is 0 Å². The number of hydrazine groups is 1. The fourth-order valence-corrected chi connectivity index (χ4v) is 1.86. The van der Waals surface area contributed by atoms with Gasteiger partial charge in [0.1, 0.15) is 5.15 Å². The highest BCUT2D eigenvalue weighted by molar-refractivity contribution is 6.29. The van der Waals surface area contributed by atoms with Gasteiger partial charge in [-0.1, -0.05) is 17.7 Å². The zero-order valence-electron chi connectivity index (χ0n) is 9.20. The lowest BCUT2D eigenvalue weighted by molar-refractivity contribution is 0.504. The topological polar surface area (TPSA) is 50.9 Å². The zero-order valence-corrected chi connectivity index (χ0v) is 9.96. The summed E-state index contributed by atoms with van der Waals surface area (Å²) in [5, 5.41) is 0.301. The first-order valence-corrected chi connectivity index (χ1v) is 5.52. The summed E-state index contributed by atoms with van der Waals surface area (Å²) in [6, 6.07) is 6.41. The minimum Gasteiger partial charge on any atom is -0.271 e. The Morgan fingerprint density at radius 1 is 1.11 bits per heavy atom. The van der Waals surface area contributed by atoms with E-state index in [9.17, 15) is 8.78 Å². The van der Waals surface area contributed by atoms with Crippen LogP contribution in [0.2, 0.25) is 5.15 Å². The summed E-state index contributed by atoms with van der Waals surface area (Å²) in [4.78, 5) is 3.84. The molecule has 0 aliphatic carbocycles. The van der Waals surface area contributed by atoms with E-state index in [0.717, 1.165) is 12.1 Å². The molecular weight excluding hydrogens is 260 g/mol. The molecule has 1 atom stereocenters. The second-order valence-corrected chi connectivity index (χ2v) is 4.07. The third-order valence-electron chi connectivity index (χ3n) is 2.53. The average Bonchev–Trinajstić information content (AvgIpc) is 2.35. The molecule has 0 saturated heterocycles. The van der Waals surface area contributed by atoms with Gasteiger partial charge in [-0.05, 0) is 35.4 Å². The summed E-state index contributed by atoms with van der Waals surface area (Å²) in [7, 11) is 0. The maximum Gasteiger partial charge on any atom is 0.159 e. The number of nitrogens with two attached hydrogens (primary N) is 1. The van der Waals surface area contributed by atoms with Gasteiger partial charge in [-0.3, -0.25) is 5.84 Å². The quantitative estimate of drug-likeness (QED) is 0.511. The summed E-state index contributed by atoms with van der Waals surface area (Å²) < 4.78 is 26.1. The summed E-state index contributed by atoms with van der Waals surface area (Å²) in [6.07, 6.45) is 1.52. The third kappa shape index (κ3) is 2.64. The Morgan fingerprint density at radius 2 is 1.83 bits per heavy atom. The number of nitrogens with one attached hydrogen (secondary N) is 1. The Bertz CT molecular complexity index is 563. The van der Waals surface area contributed by atoms with Crippen molar-refractivity contribution < 1.29 is 8.78 Å². The number of hydrogen-bond donors (Lipinski definition) is 2. The van der Waals surface area contributed by atoms with Crippen LogP contribution in [-0.2, 0) is 0 Å². The molecule has 1 aromatic carbocycles. The highest BCUT2D eigenvalue weighted by Crippen LogP contribution is 2.24. The van der Waals surface area contributed by atoms with E-state index in [-0.39, 0.29) is 0 Å². The molecule has 0 amide bonds. The van der Waals surface area contributed by atoms with Crippen LogP contribution in [-0.4, -0.2) is 4.98 Å². The van der Waals surface area contributed by atoms with E-state index in [1.807, 2.05) is 0 Å². The number of rotatable bonds is 3. The van der Waals surface area contributed by atoms with E-state index in [1.54, 1.807) is 12.1 Å². The molecule has 3 N–H and O–H groups in total. The zero-order chi connectivity index (χ0) is 13.1. The molecule has 0 fully saturated rings. The molecule has 0 aliphatic heterocycles. The smallest absolute Gasteiger partial charge is 0.159 e. The average molecular weight is 270 g/mol. The van der Waals surface area contributed by atoms with Crippen LogP contribution in [0.1, 0.15) is 17.2 Å². The van der Waals surface area contributed by atoms with Crippen LogP contribution in [0.25, 0.3) is 0 Å². The lowest BCUT2D eigenvalue weighted by atomic mass is 10.0. The highest BCUT2D eigenvalue weighted by Gasteiger charge is 2.15. The number of benzene rings is 1. The Balaban J connectivity index is 2.42. The second kappa shape index (κ2) is 5.39. The molecule has 2 aromatic rings. The van der Waals surface area contributed by atoms with Crippen LogP contribution in [0.4, 0.5) is 8.78 Å². The fourth-order valence-electron chi connectivity index (χ4n) is 1.67. The molecule has 0 radical (unpaired) electrons. The molecule has 94 valence electrons. The van der Waals surface area contributed by atoms with E-state index in [0.29, 0.717) is 16.3 Å². The monoisotopic (exact) mass is 269 g/mol. The van der Waals surface area contributed by atoms with Gasteiger partial charge in [-0.2, -0.15) is 0 Å². The molecule has 1 heterocycles. The Morgan fingerprint density at radius 3 is 2.44 bits per heavy atom. The van der Waals surface area contributed by atoms with Crippen LogP contribution in [0.5, 0.6) is 0 Å².